The number of carbonyl (C=O) groups excluding carboxylic acids is 1. The summed E-state index contributed by atoms with van der Waals surface area (Å²) in [4.78, 5) is 22.7. The first-order valence-corrected chi connectivity index (χ1v) is 6.52. The van der Waals surface area contributed by atoms with Crippen molar-refractivity contribution in [1.29, 1.82) is 0 Å². The zero-order valence-electron chi connectivity index (χ0n) is 10.5. The first-order valence-electron chi connectivity index (χ1n) is 5.73. The predicted molar refractivity (Wildman–Crippen MR) is 77.4 cm³/mol. The molecule has 2 N–H and O–H groups in total. The van der Waals surface area contributed by atoms with Crippen molar-refractivity contribution in [2.24, 2.45) is 0 Å². The molecule has 0 radical (unpaired) electrons. The zero-order valence-corrected chi connectivity index (χ0v) is 12.1. The maximum atomic E-state index is 13.0. The van der Waals surface area contributed by atoms with Gasteiger partial charge in [0.05, 0.1) is 11.3 Å². The van der Waals surface area contributed by atoms with E-state index in [1.807, 2.05) is 0 Å². The Kier molecular flexibility index (Phi) is 4.54. The van der Waals surface area contributed by atoms with Gasteiger partial charge in [0.25, 0.3) is 0 Å². The van der Waals surface area contributed by atoms with Crippen molar-refractivity contribution in [1.82, 2.24) is 0 Å². The van der Waals surface area contributed by atoms with Crippen LogP contribution in [0.4, 0.5) is 10.1 Å². The smallest absolute Gasteiger partial charge is 0.337 e. The van der Waals surface area contributed by atoms with E-state index in [0.717, 1.165) is 12.1 Å². The molecule has 0 aliphatic rings. The van der Waals surface area contributed by atoms with Gasteiger partial charge in [0.1, 0.15) is 11.6 Å². The number of aromatic carboxylic acids is 1. The number of anilines is 1. The second kappa shape index (κ2) is 6.36. The summed E-state index contributed by atoms with van der Waals surface area (Å²) >= 11 is 3.12. The van der Waals surface area contributed by atoms with Crippen LogP contribution in [0.1, 0.15) is 16.1 Å². The minimum absolute atomic E-state index is 0.0131. The Bertz CT molecular complexity index is 724. The monoisotopic (exact) mass is 353 g/mol. The van der Waals surface area contributed by atoms with Crippen molar-refractivity contribution in [2.75, 3.05) is 5.32 Å². The van der Waals surface area contributed by atoms with E-state index in [0.29, 0.717) is 10.4 Å². The van der Waals surface area contributed by atoms with Gasteiger partial charge in [-0.3, -0.25) is 4.79 Å². The van der Waals surface area contributed by atoms with Gasteiger partial charge in [0, 0.05) is 6.08 Å². The van der Waals surface area contributed by atoms with E-state index in [2.05, 4.69) is 21.2 Å². The number of carbonyl (C=O) groups is 2. The topological polar surface area (TPSA) is 79.5 Å². The zero-order chi connectivity index (χ0) is 15.4. The number of benzene rings is 1. The summed E-state index contributed by atoms with van der Waals surface area (Å²) in [6.07, 6.45) is 2.60. The number of hydrogen-bond acceptors (Lipinski definition) is 3. The lowest BCUT2D eigenvalue weighted by Gasteiger charge is -2.06. The highest BCUT2D eigenvalue weighted by atomic mass is 79.9. The van der Waals surface area contributed by atoms with Crippen molar-refractivity contribution in [3.63, 3.8) is 0 Å². The summed E-state index contributed by atoms with van der Waals surface area (Å²) in [6.45, 7) is 0. The maximum Gasteiger partial charge on any atom is 0.337 e. The van der Waals surface area contributed by atoms with Gasteiger partial charge in [0.2, 0.25) is 5.91 Å². The molecule has 1 aromatic heterocycles. The van der Waals surface area contributed by atoms with E-state index in [1.54, 1.807) is 12.1 Å². The van der Waals surface area contributed by atoms with Crippen molar-refractivity contribution < 1.29 is 23.5 Å². The molecule has 1 aromatic carbocycles. The second-order valence-electron chi connectivity index (χ2n) is 3.96. The first-order chi connectivity index (χ1) is 9.95. The van der Waals surface area contributed by atoms with Gasteiger partial charge in [-0.1, -0.05) is 0 Å². The Morgan fingerprint density at radius 3 is 2.67 bits per heavy atom. The van der Waals surface area contributed by atoms with Crippen molar-refractivity contribution in [2.45, 2.75) is 0 Å². The average Bonchev–Trinajstić information content (AvgIpc) is 2.84. The minimum Gasteiger partial charge on any atom is -0.478 e. The number of nitrogens with one attached hydrogen (secondary N) is 1. The van der Waals surface area contributed by atoms with Crippen molar-refractivity contribution >= 4 is 39.6 Å². The highest BCUT2D eigenvalue weighted by Crippen LogP contribution is 2.18. The SMILES string of the molecule is O=C(/C=C/c1ccc(Br)o1)Nc1ccc(F)cc1C(=O)O. The van der Waals surface area contributed by atoms with Crippen LogP contribution in [-0.4, -0.2) is 17.0 Å². The Hall–Kier alpha value is -2.41. The Labute approximate surface area is 127 Å². The second-order valence-corrected chi connectivity index (χ2v) is 4.74. The van der Waals surface area contributed by atoms with Gasteiger partial charge in [-0.05, 0) is 52.3 Å². The van der Waals surface area contributed by atoms with Gasteiger partial charge in [-0.2, -0.15) is 0 Å². The number of amides is 1. The number of furan rings is 1. The summed E-state index contributed by atoms with van der Waals surface area (Å²) in [5.41, 5.74) is -0.309. The molecule has 2 rings (SSSR count). The molecule has 21 heavy (non-hydrogen) atoms. The first kappa shape index (κ1) is 15.0. The van der Waals surface area contributed by atoms with E-state index >= 15 is 0 Å². The minimum atomic E-state index is -1.33. The fourth-order valence-electron chi connectivity index (χ4n) is 1.55. The van der Waals surface area contributed by atoms with E-state index < -0.39 is 17.7 Å². The van der Waals surface area contributed by atoms with Crippen molar-refractivity contribution in [3.05, 3.63) is 58.2 Å². The number of carboxylic acid groups (broad SMARTS) is 1. The number of carboxylic acids is 1. The van der Waals surface area contributed by atoms with Crippen molar-refractivity contribution in [3.8, 4) is 0 Å². The molecule has 1 heterocycles. The third-order valence-electron chi connectivity index (χ3n) is 2.46. The number of hydrogen-bond donors (Lipinski definition) is 2. The molecule has 0 unspecified atom stereocenters. The molecule has 0 bridgehead atoms. The third kappa shape index (κ3) is 4.03. The molecule has 0 fully saturated rings. The standard InChI is InChI=1S/C14H9BrFNO4/c15-12-5-2-9(21-12)3-6-13(18)17-11-4-1-8(16)7-10(11)14(19)20/h1-7H,(H,17,18)(H,19,20)/b6-3+. The lowest BCUT2D eigenvalue weighted by molar-refractivity contribution is -0.111. The summed E-state index contributed by atoms with van der Waals surface area (Å²) < 4.78 is 18.7. The maximum absolute atomic E-state index is 13.0. The van der Waals surface area contributed by atoms with Crippen LogP contribution in [0.25, 0.3) is 6.08 Å². The molecule has 5 nitrogen and oxygen atoms in total. The number of halogens is 2. The Morgan fingerprint density at radius 1 is 1.29 bits per heavy atom. The summed E-state index contributed by atoms with van der Waals surface area (Å²) in [6, 6.07) is 6.41. The highest BCUT2D eigenvalue weighted by molar-refractivity contribution is 9.10. The molecule has 0 spiro atoms. The highest BCUT2D eigenvalue weighted by Gasteiger charge is 2.12. The molecule has 7 heteroatoms. The lowest BCUT2D eigenvalue weighted by atomic mass is 10.1. The molecular formula is C14H9BrFNO4. The van der Waals surface area contributed by atoms with Gasteiger partial charge in [-0.15, -0.1) is 0 Å². The molecule has 1 amide bonds. The van der Waals surface area contributed by atoms with Crippen LogP contribution in [0.15, 0.2) is 45.5 Å². The van der Waals surface area contributed by atoms with E-state index in [4.69, 9.17) is 9.52 Å². The number of rotatable bonds is 4. The fraction of sp³-hybridized carbons (Fsp3) is 0. The lowest BCUT2D eigenvalue weighted by Crippen LogP contribution is -2.12. The van der Waals surface area contributed by atoms with Gasteiger partial charge >= 0.3 is 5.97 Å². The largest absolute Gasteiger partial charge is 0.478 e. The average molecular weight is 354 g/mol. The van der Waals surface area contributed by atoms with Gasteiger partial charge < -0.3 is 14.8 Å². The van der Waals surface area contributed by atoms with E-state index in [9.17, 15) is 14.0 Å². The quantitative estimate of drug-likeness (QED) is 0.824. The van der Waals surface area contributed by atoms with Gasteiger partial charge in [-0.25, -0.2) is 9.18 Å². The third-order valence-corrected chi connectivity index (χ3v) is 2.89. The molecule has 0 saturated carbocycles. The molecule has 108 valence electrons. The molecule has 0 aliphatic heterocycles. The Balaban J connectivity index is 2.13. The van der Waals surface area contributed by atoms with Crippen LogP contribution >= 0.6 is 15.9 Å². The molecular weight excluding hydrogens is 345 g/mol. The summed E-state index contributed by atoms with van der Waals surface area (Å²) in [5, 5.41) is 11.3. The van der Waals surface area contributed by atoms with Crippen LogP contribution in [0.3, 0.4) is 0 Å². The van der Waals surface area contributed by atoms with Gasteiger partial charge in [0.15, 0.2) is 4.67 Å². The normalized spacial score (nSPS) is 10.8. The van der Waals surface area contributed by atoms with E-state index in [1.165, 1.54) is 18.2 Å². The van der Waals surface area contributed by atoms with Crippen LogP contribution < -0.4 is 5.32 Å². The fourth-order valence-corrected chi connectivity index (χ4v) is 1.87. The van der Waals surface area contributed by atoms with Crippen LogP contribution in [0.2, 0.25) is 0 Å². The molecule has 0 atom stereocenters. The molecule has 2 aromatic rings. The van der Waals surface area contributed by atoms with Crippen LogP contribution in [0, 0.1) is 5.82 Å². The van der Waals surface area contributed by atoms with Crippen LogP contribution in [0.5, 0.6) is 0 Å². The Morgan fingerprint density at radius 2 is 2.05 bits per heavy atom. The summed E-state index contributed by atoms with van der Waals surface area (Å²) in [7, 11) is 0. The predicted octanol–water partition coefficient (Wildman–Crippen LogP) is 3.53. The van der Waals surface area contributed by atoms with Crippen LogP contribution in [-0.2, 0) is 4.79 Å². The molecule has 0 aliphatic carbocycles. The summed E-state index contributed by atoms with van der Waals surface area (Å²) in [5.74, 6) is -2.13. The molecule has 0 saturated heterocycles. The van der Waals surface area contributed by atoms with E-state index in [-0.39, 0.29) is 11.3 Å².